The highest BCUT2D eigenvalue weighted by Gasteiger charge is 2.31. The predicted molar refractivity (Wildman–Crippen MR) is 101 cm³/mol. The lowest BCUT2D eigenvalue weighted by Crippen LogP contribution is -2.34. The predicted octanol–water partition coefficient (Wildman–Crippen LogP) is 3.65. The number of hydrogen-bond donors (Lipinski definition) is 0. The summed E-state index contributed by atoms with van der Waals surface area (Å²) in [5.41, 5.74) is 0.618. The molecule has 7 heteroatoms. The van der Waals surface area contributed by atoms with Gasteiger partial charge in [0, 0.05) is 13.6 Å². The van der Waals surface area contributed by atoms with Crippen LogP contribution in [0.25, 0.3) is 10.2 Å². The van der Waals surface area contributed by atoms with Crippen LogP contribution in [0, 0.1) is 6.92 Å². The highest BCUT2D eigenvalue weighted by Crippen LogP contribution is 2.35. The summed E-state index contributed by atoms with van der Waals surface area (Å²) in [6, 6.07) is 3.74. The van der Waals surface area contributed by atoms with Gasteiger partial charge in [0.15, 0.2) is 0 Å². The van der Waals surface area contributed by atoms with Gasteiger partial charge >= 0.3 is 0 Å². The Morgan fingerprint density at radius 1 is 1.35 bits per heavy atom. The molecule has 6 nitrogen and oxygen atoms in total. The first-order chi connectivity index (χ1) is 12.6. The van der Waals surface area contributed by atoms with E-state index in [1.54, 1.807) is 13.3 Å². The molecular weight excluding hydrogens is 350 g/mol. The topological polar surface area (TPSA) is 68.3 Å². The lowest BCUT2D eigenvalue weighted by molar-refractivity contribution is 0.0663. The number of likely N-dealkylation sites (tertiary alicyclic amines) is 1. The molecule has 3 aromatic heterocycles. The second-order valence-electron chi connectivity index (χ2n) is 6.78. The van der Waals surface area contributed by atoms with Gasteiger partial charge in [-0.05, 0) is 37.5 Å². The highest BCUT2D eigenvalue weighted by atomic mass is 32.1. The van der Waals surface area contributed by atoms with Crippen LogP contribution in [0.3, 0.4) is 0 Å². The van der Waals surface area contributed by atoms with Crippen LogP contribution in [0.4, 0.5) is 0 Å². The number of hydrogen-bond acceptors (Lipinski definition) is 5. The number of nitrogens with zero attached hydrogens (tertiary/aromatic N) is 3. The summed E-state index contributed by atoms with van der Waals surface area (Å²) >= 11 is 1.31. The number of carbonyl (C=O) groups is 1. The minimum absolute atomic E-state index is 0.0316. The molecule has 1 amide bonds. The fraction of sp³-hybridized carbons (Fsp3) is 0.421. The van der Waals surface area contributed by atoms with E-state index in [0.717, 1.165) is 37.0 Å². The molecule has 1 aliphatic rings. The lowest BCUT2D eigenvalue weighted by Gasteiger charge is -2.28. The van der Waals surface area contributed by atoms with Gasteiger partial charge in [-0.2, -0.15) is 0 Å². The summed E-state index contributed by atoms with van der Waals surface area (Å²) in [5.74, 6) is 0.795. The molecule has 1 fully saturated rings. The first-order valence-electron chi connectivity index (χ1n) is 8.87. The van der Waals surface area contributed by atoms with Gasteiger partial charge in [0.05, 0.1) is 28.9 Å². The van der Waals surface area contributed by atoms with Crippen LogP contribution in [0.15, 0.2) is 33.9 Å². The Morgan fingerprint density at radius 2 is 2.19 bits per heavy atom. The summed E-state index contributed by atoms with van der Waals surface area (Å²) < 4.78 is 7.06. The van der Waals surface area contributed by atoms with Gasteiger partial charge < -0.3 is 13.9 Å². The van der Waals surface area contributed by atoms with E-state index in [0.29, 0.717) is 21.6 Å². The van der Waals surface area contributed by atoms with Gasteiger partial charge in [-0.3, -0.25) is 9.59 Å². The molecule has 4 rings (SSSR count). The molecule has 0 N–H and O–H groups in total. The summed E-state index contributed by atoms with van der Waals surface area (Å²) in [6.45, 7) is 2.54. The molecule has 0 radical (unpaired) electrons. The van der Waals surface area contributed by atoms with Crippen molar-refractivity contribution in [1.82, 2.24) is 14.5 Å². The summed E-state index contributed by atoms with van der Waals surface area (Å²) in [7, 11) is 1.68. The van der Waals surface area contributed by atoms with Gasteiger partial charge in [-0.15, -0.1) is 11.3 Å². The smallest absolute Gasteiger partial charge is 0.264 e. The molecule has 0 saturated carbocycles. The number of thiophene rings is 1. The van der Waals surface area contributed by atoms with E-state index in [2.05, 4.69) is 4.98 Å². The number of rotatable bonds is 2. The Morgan fingerprint density at radius 3 is 2.96 bits per heavy atom. The van der Waals surface area contributed by atoms with Gasteiger partial charge in [-0.25, -0.2) is 4.98 Å². The zero-order chi connectivity index (χ0) is 18.3. The van der Waals surface area contributed by atoms with E-state index >= 15 is 0 Å². The van der Waals surface area contributed by atoms with Gasteiger partial charge in [-0.1, -0.05) is 12.8 Å². The SMILES string of the molecule is Cc1c(C(=O)N2CCCCC[C@H]2c2ccco2)sc2ncn(C)c(=O)c12. The molecule has 0 bridgehead atoms. The van der Waals surface area contributed by atoms with Crippen molar-refractivity contribution in [1.29, 1.82) is 0 Å². The molecule has 1 aliphatic heterocycles. The fourth-order valence-electron chi connectivity index (χ4n) is 3.67. The molecule has 0 aliphatic carbocycles. The first kappa shape index (κ1) is 17.0. The molecule has 26 heavy (non-hydrogen) atoms. The minimum atomic E-state index is -0.110. The Bertz CT molecular complexity index is 1000. The lowest BCUT2D eigenvalue weighted by atomic mass is 10.1. The number of aryl methyl sites for hydroxylation is 2. The Balaban J connectivity index is 1.78. The van der Waals surface area contributed by atoms with Crippen molar-refractivity contribution in [2.75, 3.05) is 6.54 Å². The highest BCUT2D eigenvalue weighted by molar-refractivity contribution is 7.20. The fourth-order valence-corrected chi connectivity index (χ4v) is 4.77. The minimum Gasteiger partial charge on any atom is -0.467 e. The number of fused-ring (bicyclic) bond motifs is 1. The third-order valence-corrected chi connectivity index (χ3v) is 6.28. The third-order valence-electron chi connectivity index (χ3n) is 5.09. The van der Waals surface area contributed by atoms with Crippen molar-refractivity contribution in [2.24, 2.45) is 7.05 Å². The van der Waals surface area contributed by atoms with E-state index in [4.69, 9.17) is 4.42 Å². The zero-order valence-corrected chi connectivity index (χ0v) is 15.7. The number of aromatic nitrogens is 2. The summed E-state index contributed by atoms with van der Waals surface area (Å²) in [4.78, 5) is 33.3. The van der Waals surface area contributed by atoms with Gasteiger partial charge in [0.25, 0.3) is 11.5 Å². The van der Waals surface area contributed by atoms with Crippen molar-refractivity contribution in [3.05, 3.63) is 51.3 Å². The molecule has 1 saturated heterocycles. The Kier molecular flexibility index (Phi) is 4.40. The quantitative estimate of drug-likeness (QED) is 0.689. The Labute approximate surface area is 155 Å². The van der Waals surface area contributed by atoms with E-state index in [-0.39, 0.29) is 17.5 Å². The summed E-state index contributed by atoms with van der Waals surface area (Å²) in [6.07, 6.45) is 7.21. The molecule has 136 valence electrons. The van der Waals surface area contributed by atoms with Gasteiger partial charge in [0.2, 0.25) is 0 Å². The maximum absolute atomic E-state index is 13.4. The maximum Gasteiger partial charge on any atom is 0.264 e. The first-order valence-corrected chi connectivity index (χ1v) is 9.68. The standard InChI is InChI=1S/C19H21N3O3S/c1-12-15-17(20-11-21(2)18(15)23)26-16(12)19(24)22-9-5-3-4-7-13(22)14-8-6-10-25-14/h6,8,10-11,13H,3-5,7,9H2,1-2H3/t13-/m0/s1. The van der Waals surface area contributed by atoms with Crippen molar-refractivity contribution in [2.45, 2.75) is 38.6 Å². The number of carbonyl (C=O) groups excluding carboxylic acids is 1. The largest absolute Gasteiger partial charge is 0.467 e. The van der Waals surface area contributed by atoms with Crippen LogP contribution in [-0.4, -0.2) is 26.9 Å². The normalized spacial score (nSPS) is 18.2. The third kappa shape index (κ3) is 2.76. The molecular formula is C19H21N3O3S. The van der Waals surface area contributed by atoms with Gasteiger partial charge in [0.1, 0.15) is 10.6 Å². The second-order valence-corrected chi connectivity index (χ2v) is 7.78. The number of furan rings is 1. The van der Waals surface area contributed by atoms with Crippen molar-refractivity contribution in [3.63, 3.8) is 0 Å². The second kappa shape index (κ2) is 6.72. The Hall–Kier alpha value is -2.41. The van der Waals surface area contributed by atoms with Crippen LogP contribution >= 0.6 is 11.3 Å². The summed E-state index contributed by atoms with van der Waals surface area (Å²) in [5, 5.41) is 0.549. The van der Waals surface area contributed by atoms with Crippen LogP contribution in [0.5, 0.6) is 0 Å². The molecule has 0 spiro atoms. The van der Waals surface area contributed by atoms with Crippen LogP contribution in [-0.2, 0) is 7.05 Å². The van der Waals surface area contributed by atoms with E-state index < -0.39 is 0 Å². The monoisotopic (exact) mass is 371 g/mol. The zero-order valence-electron chi connectivity index (χ0n) is 14.9. The van der Waals surface area contributed by atoms with E-state index in [1.807, 2.05) is 24.0 Å². The van der Waals surface area contributed by atoms with Crippen LogP contribution < -0.4 is 5.56 Å². The van der Waals surface area contributed by atoms with Crippen LogP contribution in [0.2, 0.25) is 0 Å². The van der Waals surface area contributed by atoms with E-state index in [9.17, 15) is 9.59 Å². The average Bonchev–Trinajstić information content (AvgIpc) is 3.20. The molecule has 3 aromatic rings. The maximum atomic E-state index is 13.4. The van der Waals surface area contributed by atoms with Crippen molar-refractivity contribution in [3.8, 4) is 0 Å². The molecule has 4 heterocycles. The number of amides is 1. The molecule has 0 unspecified atom stereocenters. The van der Waals surface area contributed by atoms with Crippen molar-refractivity contribution >= 4 is 27.5 Å². The van der Waals surface area contributed by atoms with Crippen LogP contribution in [0.1, 0.15) is 52.7 Å². The van der Waals surface area contributed by atoms with E-state index in [1.165, 1.54) is 22.2 Å². The molecule has 0 aromatic carbocycles. The average molecular weight is 371 g/mol. The van der Waals surface area contributed by atoms with Crippen molar-refractivity contribution < 1.29 is 9.21 Å². The molecule has 1 atom stereocenters.